The van der Waals surface area contributed by atoms with Gasteiger partial charge in [0.2, 0.25) is 5.91 Å². The zero-order chi connectivity index (χ0) is 19.6. The van der Waals surface area contributed by atoms with E-state index < -0.39 is 5.63 Å². The Hall–Kier alpha value is -3.18. The summed E-state index contributed by atoms with van der Waals surface area (Å²) in [6.45, 7) is 4.95. The summed E-state index contributed by atoms with van der Waals surface area (Å²) in [4.78, 5) is 31.7. The normalized spacial score (nSPS) is 10.6. The van der Waals surface area contributed by atoms with Crippen molar-refractivity contribution in [3.63, 3.8) is 0 Å². The number of thioether (sulfide) groups is 1. The van der Waals surface area contributed by atoms with E-state index in [0.717, 1.165) is 10.9 Å². The van der Waals surface area contributed by atoms with Crippen molar-refractivity contribution in [1.82, 2.24) is 9.97 Å². The van der Waals surface area contributed by atoms with Gasteiger partial charge >= 0.3 is 5.63 Å². The zero-order valence-electron chi connectivity index (χ0n) is 15.0. The molecule has 2 heterocycles. The van der Waals surface area contributed by atoms with Gasteiger partial charge in [-0.15, -0.1) is 11.8 Å². The largest absolute Gasteiger partial charge is 0.423 e. The maximum absolute atomic E-state index is 11.9. The van der Waals surface area contributed by atoms with E-state index in [2.05, 4.69) is 21.4 Å². The molecule has 8 heteroatoms. The van der Waals surface area contributed by atoms with E-state index in [9.17, 15) is 14.9 Å². The lowest BCUT2D eigenvalue weighted by molar-refractivity contribution is -0.114. The molecule has 3 rings (SSSR count). The van der Waals surface area contributed by atoms with Crippen LogP contribution in [-0.2, 0) is 10.5 Å². The van der Waals surface area contributed by atoms with Crippen molar-refractivity contribution in [3.8, 4) is 6.07 Å². The van der Waals surface area contributed by atoms with Gasteiger partial charge in [0.25, 0.3) is 0 Å². The number of carbonyl (C=O) groups is 1. The van der Waals surface area contributed by atoms with Crippen LogP contribution in [0.25, 0.3) is 11.0 Å². The standard InChI is InChI=1S/C19H16N4O3S/c1-10-16(8-20)19(22-11(2)21-10)27-9-13-6-18(25)26-17-7-14(23-12(3)24)4-5-15(13)17/h4-7H,9H2,1-3H3,(H,23,24). The van der Waals surface area contributed by atoms with Crippen LogP contribution in [0, 0.1) is 25.2 Å². The number of anilines is 1. The quantitative estimate of drug-likeness (QED) is 0.420. The van der Waals surface area contributed by atoms with Crippen LogP contribution in [0.3, 0.4) is 0 Å². The lowest BCUT2D eigenvalue weighted by atomic mass is 10.1. The Morgan fingerprint density at radius 2 is 2.07 bits per heavy atom. The van der Waals surface area contributed by atoms with Gasteiger partial charge in [-0.25, -0.2) is 14.8 Å². The Morgan fingerprint density at radius 3 is 2.78 bits per heavy atom. The molecule has 0 fully saturated rings. The highest BCUT2D eigenvalue weighted by molar-refractivity contribution is 7.98. The van der Waals surface area contributed by atoms with Gasteiger partial charge in [-0.2, -0.15) is 5.26 Å². The van der Waals surface area contributed by atoms with E-state index in [1.54, 1.807) is 32.0 Å². The fourth-order valence-corrected chi connectivity index (χ4v) is 3.76. The number of nitriles is 1. The molecule has 0 saturated heterocycles. The molecular formula is C19H16N4O3S. The minimum absolute atomic E-state index is 0.207. The predicted octanol–water partition coefficient (Wildman–Crippen LogP) is 3.32. The lowest BCUT2D eigenvalue weighted by Gasteiger charge is -2.09. The number of benzene rings is 1. The first-order valence-corrected chi connectivity index (χ1v) is 9.08. The Kier molecular flexibility index (Phi) is 5.23. The van der Waals surface area contributed by atoms with Crippen molar-refractivity contribution in [2.75, 3.05) is 5.32 Å². The van der Waals surface area contributed by atoms with Crippen LogP contribution in [-0.4, -0.2) is 15.9 Å². The zero-order valence-corrected chi connectivity index (χ0v) is 15.8. The smallest absolute Gasteiger partial charge is 0.336 e. The summed E-state index contributed by atoms with van der Waals surface area (Å²) >= 11 is 1.37. The van der Waals surface area contributed by atoms with E-state index in [4.69, 9.17) is 4.42 Å². The number of fused-ring (bicyclic) bond motifs is 1. The summed E-state index contributed by atoms with van der Waals surface area (Å²) in [7, 11) is 0. The summed E-state index contributed by atoms with van der Waals surface area (Å²) in [6, 6.07) is 8.72. The Labute approximate surface area is 159 Å². The van der Waals surface area contributed by atoms with Gasteiger partial charge in [0.05, 0.1) is 5.69 Å². The molecule has 136 valence electrons. The number of rotatable bonds is 4. The maximum atomic E-state index is 11.9. The first-order chi connectivity index (χ1) is 12.9. The highest BCUT2D eigenvalue weighted by Crippen LogP contribution is 2.29. The van der Waals surface area contributed by atoms with E-state index in [-0.39, 0.29) is 5.91 Å². The molecule has 1 N–H and O–H groups in total. The SMILES string of the molecule is CC(=O)Nc1ccc2c(CSc3nc(C)nc(C)c3C#N)cc(=O)oc2c1. The summed E-state index contributed by atoms with van der Waals surface area (Å²) in [5.41, 5.74) is 2.29. The van der Waals surface area contributed by atoms with Gasteiger partial charge in [-0.1, -0.05) is 0 Å². The third kappa shape index (κ3) is 4.15. The molecule has 27 heavy (non-hydrogen) atoms. The minimum atomic E-state index is -0.478. The average molecular weight is 380 g/mol. The van der Waals surface area contributed by atoms with Gasteiger partial charge in [-0.3, -0.25) is 4.79 Å². The van der Waals surface area contributed by atoms with Crippen LogP contribution < -0.4 is 10.9 Å². The van der Waals surface area contributed by atoms with Crippen molar-refractivity contribution in [3.05, 3.63) is 57.3 Å². The Balaban J connectivity index is 1.97. The van der Waals surface area contributed by atoms with Crippen LogP contribution in [0.1, 0.15) is 29.6 Å². The van der Waals surface area contributed by atoms with E-state index >= 15 is 0 Å². The van der Waals surface area contributed by atoms with Gasteiger partial charge in [0.1, 0.15) is 28.1 Å². The van der Waals surface area contributed by atoms with Crippen molar-refractivity contribution in [2.45, 2.75) is 31.6 Å². The maximum Gasteiger partial charge on any atom is 0.336 e. The topological polar surface area (TPSA) is 109 Å². The molecule has 7 nitrogen and oxygen atoms in total. The monoisotopic (exact) mass is 380 g/mol. The minimum Gasteiger partial charge on any atom is -0.423 e. The number of aryl methyl sites for hydroxylation is 2. The molecular weight excluding hydrogens is 364 g/mol. The van der Waals surface area contributed by atoms with Crippen LogP contribution >= 0.6 is 11.8 Å². The van der Waals surface area contributed by atoms with Crippen molar-refractivity contribution in [2.24, 2.45) is 0 Å². The fraction of sp³-hybridized carbons (Fsp3) is 0.211. The number of hydrogen-bond acceptors (Lipinski definition) is 7. The summed E-state index contributed by atoms with van der Waals surface area (Å²) in [6.07, 6.45) is 0. The molecule has 3 aromatic rings. The second-order valence-electron chi connectivity index (χ2n) is 5.92. The van der Waals surface area contributed by atoms with Crippen LogP contribution in [0.15, 0.2) is 38.5 Å². The third-order valence-corrected chi connectivity index (χ3v) is 4.82. The number of aromatic nitrogens is 2. The molecule has 1 amide bonds. The van der Waals surface area contributed by atoms with Gasteiger partial charge < -0.3 is 9.73 Å². The number of hydrogen-bond donors (Lipinski definition) is 1. The Morgan fingerprint density at radius 1 is 1.30 bits per heavy atom. The van der Waals surface area contributed by atoms with E-state index in [1.165, 1.54) is 24.8 Å². The fourth-order valence-electron chi connectivity index (χ4n) is 2.69. The highest BCUT2D eigenvalue weighted by Gasteiger charge is 2.13. The first-order valence-electron chi connectivity index (χ1n) is 8.10. The first kappa shape index (κ1) is 18.6. The highest BCUT2D eigenvalue weighted by atomic mass is 32.2. The third-order valence-electron chi connectivity index (χ3n) is 3.80. The molecule has 1 aromatic carbocycles. The van der Waals surface area contributed by atoms with Crippen molar-refractivity contribution < 1.29 is 9.21 Å². The van der Waals surface area contributed by atoms with Crippen LogP contribution in [0.2, 0.25) is 0 Å². The predicted molar refractivity (Wildman–Crippen MR) is 103 cm³/mol. The molecule has 0 aliphatic heterocycles. The summed E-state index contributed by atoms with van der Waals surface area (Å²) in [5.74, 6) is 0.819. The molecule has 0 unspecified atom stereocenters. The molecule has 0 atom stereocenters. The molecule has 0 radical (unpaired) electrons. The van der Waals surface area contributed by atoms with Gasteiger partial charge in [0.15, 0.2) is 0 Å². The Bertz CT molecular complexity index is 1150. The second kappa shape index (κ2) is 7.60. The van der Waals surface area contributed by atoms with Gasteiger partial charge in [-0.05, 0) is 31.5 Å². The van der Waals surface area contributed by atoms with E-state index in [0.29, 0.717) is 39.1 Å². The number of nitrogens with zero attached hydrogens (tertiary/aromatic N) is 3. The number of carbonyl (C=O) groups excluding carboxylic acids is 1. The molecule has 0 aliphatic carbocycles. The summed E-state index contributed by atoms with van der Waals surface area (Å²) < 4.78 is 5.27. The molecule has 0 spiro atoms. The molecule has 2 aromatic heterocycles. The van der Waals surface area contributed by atoms with Crippen molar-refractivity contribution in [1.29, 1.82) is 5.26 Å². The number of nitrogens with one attached hydrogen (secondary N) is 1. The van der Waals surface area contributed by atoms with Crippen LogP contribution in [0.4, 0.5) is 5.69 Å². The molecule has 0 aliphatic rings. The molecule has 0 saturated carbocycles. The van der Waals surface area contributed by atoms with E-state index in [1.807, 2.05) is 0 Å². The second-order valence-corrected chi connectivity index (χ2v) is 6.88. The van der Waals surface area contributed by atoms with Crippen LogP contribution in [0.5, 0.6) is 0 Å². The summed E-state index contributed by atoms with van der Waals surface area (Å²) in [5, 5.41) is 13.4. The molecule has 0 bridgehead atoms. The average Bonchev–Trinajstić information content (AvgIpc) is 2.58. The lowest BCUT2D eigenvalue weighted by Crippen LogP contribution is -2.06. The number of amides is 1. The van der Waals surface area contributed by atoms with Gasteiger partial charge in [0, 0.05) is 35.9 Å². The van der Waals surface area contributed by atoms with Crippen molar-refractivity contribution >= 4 is 34.3 Å².